The average molecular weight is 207 g/mol. The fraction of sp³-hybridized carbons (Fsp3) is 0.636. The van der Waals surface area contributed by atoms with Gasteiger partial charge in [0.1, 0.15) is 0 Å². The molecule has 1 N–H and O–H groups in total. The van der Waals surface area contributed by atoms with Crippen molar-refractivity contribution in [1.29, 1.82) is 0 Å². The maximum atomic E-state index is 10.9. The molecule has 0 radical (unpaired) electrons. The predicted molar refractivity (Wildman–Crippen MR) is 51.9 cm³/mol. The number of carboxylic acid groups (broad SMARTS) is 1. The first-order valence-electron chi connectivity index (χ1n) is 5.47. The molecule has 2 saturated carbocycles. The van der Waals surface area contributed by atoms with Gasteiger partial charge in [-0.1, -0.05) is 0 Å². The van der Waals surface area contributed by atoms with Gasteiger partial charge in [0.2, 0.25) is 5.76 Å². The average Bonchev–Trinajstić information content (AvgIpc) is 3.05. The Kier molecular flexibility index (Phi) is 1.84. The van der Waals surface area contributed by atoms with Gasteiger partial charge in [-0.3, -0.25) is 0 Å². The fourth-order valence-corrected chi connectivity index (χ4v) is 1.82. The lowest BCUT2D eigenvalue weighted by atomic mass is 10.2. The van der Waals surface area contributed by atoms with Gasteiger partial charge in [-0.05, 0) is 31.6 Å². The van der Waals surface area contributed by atoms with Crippen LogP contribution in [0.1, 0.15) is 53.7 Å². The van der Waals surface area contributed by atoms with E-state index in [0.29, 0.717) is 23.4 Å². The Hall–Kier alpha value is -1.32. The minimum absolute atomic E-state index is 0.0770. The van der Waals surface area contributed by atoms with Gasteiger partial charge in [0.15, 0.2) is 5.89 Å². The highest BCUT2D eigenvalue weighted by Gasteiger charge is 2.34. The number of aromatic carboxylic acids is 1. The van der Waals surface area contributed by atoms with Crippen LogP contribution < -0.4 is 0 Å². The van der Waals surface area contributed by atoms with E-state index in [1.807, 2.05) is 0 Å². The van der Waals surface area contributed by atoms with Crippen LogP contribution in [0.25, 0.3) is 0 Å². The van der Waals surface area contributed by atoms with Gasteiger partial charge in [-0.2, -0.15) is 0 Å². The summed E-state index contributed by atoms with van der Waals surface area (Å²) in [6.07, 6.45) is 5.37. The molecule has 2 fully saturated rings. The van der Waals surface area contributed by atoms with E-state index in [1.54, 1.807) is 0 Å². The SMILES string of the molecule is O=C(O)c1oc(CC2CC2)nc1C1CC1. The Morgan fingerprint density at radius 2 is 2.13 bits per heavy atom. The molecule has 1 aromatic heterocycles. The van der Waals surface area contributed by atoms with Crippen LogP contribution in [0.5, 0.6) is 0 Å². The Bertz CT molecular complexity index is 402. The third kappa shape index (κ3) is 1.76. The Morgan fingerprint density at radius 1 is 1.40 bits per heavy atom. The molecule has 0 bridgehead atoms. The first-order chi connectivity index (χ1) is 7.24. The Labute approximate surface area is 87.3 Å². The summed E-state index contributed by atoms with van der Waals surface area (Å²) in [5, 5.41) is 8.97. The third-order valence-electron chi connectivity index (χ3n) is 3.02. The molecule has 1 heterocycles. The number of aromatic nitrogens is 1. The van der Waals surface area contributed by atoms with Crippen molar-refractivity contribution in [3.63, 3.8) is 0 Å². The summed E-state index contributed by atoms with van der Waals surface area (Å²) in [7, 11) is 0. The molecule has 0 spiro atoms. The van der Waals surface area contributed by atoms with Crippen LogP contribution in [0.15, 0.2) is 4.42 Å². The van der Waals surface area contributed by atoms with Crippen molar-refractivity contribution in [3.8, 4) is 0 Å². The summed E-state index contributed by atoms with van der Waals surface area (Å²) in [5.41, 5.74) is 0.679. The summed E-state index contributed by atoms with van der Waals surface area (Å²) in [6.45, 7) is 0. The maximum absolute atomic E-state index is 10.9. The molecule has 0 aliphatic heterocycles. The van der Waals surface area contributed by atoms with Crippen molar-refractivity contribution in [1.82, 2.24) is 4.98 Å². The summed E-state index contributed by atoms with van der Waals surface area (Å²) < 4.78 is 5.32. The van der Waals surface area contributed by atoms with Gasteiger partial charge in [0.25, 0.3) is 0 Å². The maximum Gasteiger partial charge on any atom is 0.373 e. The largest absolute Gasteiger partial charge is 0.475 e. The summed E-state index contributed by atoms with van der Waals surface area (Å²) in [4.78, 5) is 15.3. The number of carbonyl (C=O) groups is 1. The van der Waals surface area contributed by atoms with Gasteiger partial charge < -0.3 is 9.52 Å². The zero-order valence-corrected chi connectivity index (χ0v) is 8.40. The van der Waals surface area contributed by atoms with Crippen molar-refractivity contribution in [2.24, 2.45) is 5.92 Å². The van der Waals surface area contributed by atoms with Crippen LogP contribution in [0, 0.1) is 5.92 Å². The molecule has 2 aliphatic carbocycles. The molecule has 80 valence electrons. The molecule has 0 aromatic carbocycles. The molecule has 0 atom stereocenters. The molecule has 0 saturated heterocycles. The van der Waals surface area contributed by atoms with Crippen molar-refractivity contribution in [3.05, 3.63) is 17.3 Å². The van der Waals surface area contributed by atoms with Gasteiger partial charge in [-0.15, -0.1) is 0 Å². The topological polar surface area (TPSA) is 63.3 Å². The highest BCUT2D eigenvalue weighted by Crippen LogP contribution is 2.42. The van der Waals surface area contributed by atoms with Gasteiger partial charge in [-0.25, -0.2) is 9.78 Å². The summed E-state index contributed by atoms with van der Waals surface area (Å²) in [6, 6.07) is 0. The van der Waals surface area contributed by atoms with E-state index in [1.165, 1.54) is 12.8 Å². The first-order valence-corrected chi connectivity index (χ1v) is 5.47. The Morgan fingerprint density at radius 3 is 2.67 bits per heavy atom. The number of carboxylic acids is 1. The highest BCUT2D eigenvalue weighted by molar-refractivity contribution is 5.85. The van der Waals surface area contributed by atoms with E-state index in [4.69, 9.17) is 9.52 Å². The van der Waals surface area contributed by atoms with Crippen LogP contribution in [-0.2, 0) is 6.42 Å². The predicted octanol–water partition coefficient (Wildman–Crippen LogP) is 2.20. The van der Waals surface area contributed by atoms with Crippen molar-refractivity contribution < 1.29 is 14.3 Å². The molecule has 0 amide bonds. The monoisotopic (exact) mass is 207 g/mol. The van der Waals surface area contributed by atoms with E-state index >= 15 is 0 Å². The molecular weight excluding hydrogens is 194 g/mol. The highest BCUT2D eigenvalue weighted by atomic mass is 16.4. The van der Waals surface area contributed by atoms with Crippen molar-refractivity contribution in [2.45, 2.75) is 38.0 Å². The lowest BCUT2D eigenvalue weighted by molar-refractivity contribution is 0.0658. The van der Waals surface area contributed by atoms with E-state index in [9.17, 15) is 4.79 Å². The molecule has 4 heteroatoms. The van der Waals surface area contributed by atoms with Crippen molar-refractivity contribution in [2.75, 3.05) is 0 Å². The second-order valence-corrected chi connectivity index (χ2v) is 4.55. The van der Waals surface area contributed by atoms with E-state index in [-0.39, 0.29) is 5.76 Å². The molecular formula is C11H13NO3. The quantitative estimate of drug-likeness (QED) is 0.822. The number of oxazole rings is 1. The zero-order chi connectivity index (χ0) is 10.4. The summed E-state index contributed by atoms with van der Waals surface area (Å²) >= 11 is 0. The fourth-order valence-electron chi connectivity index (χ4n) is 1.82. The number of rotatable bonds is 4. The first kappa shape index (κ1) is 8.95. The molecule has 2 aliphatic rings. The van der Waals surface area contributed by atoms with Crippen LogP contribution in [0.2, 0.25) is 0 Å². The zero-order valence-electron chi connectivity index (χ0n) is 8.40. The van der Waals surface area contributed by atoms with Gasteiger partial charge in [0, 0.05) is 12.3 Å². The van der Waals surface area contributed by atoms with E-state index in [2.05, 4.69) is 4.98 Å². The standard InChI is InChI=1S/C11H13NO3/c13-11(14)10-9(7-3-4-7)12-8(15-10)5-6-1-2-6/h6-7H,1-5H2,(H,13,14). The second-order valence-electron chi connectivity index (χ2n) is 4.55. The minimum Gasteiger partial charge on any atom is -0.475 e. The van der Waals surface area contributed by atoms with E-state index in [0.717, 1.165) is 19.3 Å². The normalized spacial score (nSPS) is 20.5. The van der Waals surface area contributed by atoms with Crippen LogP contribution >= 0.6 is 0 Å². The van der Waals surface area contributed by atoms with Crippen LogP contribution in [0.4, 0.5) is 0 Å². The van der Waals surface area contributed by atoms with Crippen LogP contribution in [0.3, 0.4) is 0 Å². The third-order valence-corrected chi connectivity index (χ3v) is 3.02. The minimum atomic E-state index is -0.980. The number of hydrogen-bond donors (Lipinski definition) is 1. The van der Waals surface area contributed by atoms with Gasteiger partial charge in [0.05, 0.1) is 5.69 Å². The smallest absolute Gasteiger partial charge is 0.373 e. The molecule has 1 aromatic rings. The van der Waals surface area contributed by atoms with Gasteiger partial charge >= 0.3 is 5.97 Å². The number of hydrogen-bond acceptors (Lipinski definition) is 3. The van der Waals surface area contributed by atoms with Crippen molar-refractivity contribution >= 4 is 5.97 Å². The Balaban J connectivity index is 1.88. The lowest BCUT2D eigenvalue weighted by Gasteiger charge is -1.90. The molecule has 15 heavy (non-hydrogen) atoms. The second kappa shape index (κ2) is 3.08. The van der Waals surface area contributed by atoms with E-state index < -0.39 is 5.97 Å². The van der Waals surface area contributed by atoms with Crippen LogP contribution in [-0.4, -0.2) is 16.1 Å². The molecule has 4 nitrogen and oxygen atoms in total. The number of nitrogens with zero attached hydrogens (tertiary/aromatic N) is 1. The lowest BCUT2D eigenvalue weighted by Crippen LogP contribution is -1.98. The molecule has 0 unspecified atom stereocenters. The summed E-state index contributed by atoms with van der Waals surface area (Å²) in [5.74, 6) is 0.738. The molecule has 3 rings (SSSR count).